The first kappa shape index (κ1) is 38.8. The summed E-state index contributed by atoms with van der Waals surface area (Å²) in [6, 6.07) is 57.5. The smallest absolute Gasteiger partial charge is 0.0998 e. The fourth-order valence-electron chi connectivity index (χ4n) is 7.74. The molecule has 0 fully saturated rings. The van der Waals surface area contributed by atoms with Crippen LogP contribution in [0.5, 0.6) is 0 Å². The molecular weight excluding hydrogens is 705 g/mol. The van der Waals surface area contributed by atoms with Gasteiger partial charge in [-0.25, -0.2) is 0 Å². The number of benzene rings is 7. The molecule has 0 amide bonds. The Morgan fingerprint density at radius 3 is 0.862 bits per heavy atom. The van der Waals surface area contributed by atoms with Crippen molar-refractivity contribution in [2.75, 3.05) is 0 Å². The summed E-state index contributed by atoms with van der Waals surface area (Å²) in [4.78, 5) is 0. The average Bonchev–Trinajstić information content (AvgIpc) is 3.25. The maximum atomic E-state index is 10.8. The van der Waals surface area contributed by atoms with Gasteiger partial charge in [-0.1, -0.05) is 151 Å². The van der Waals surface area contributed by atoms with Crippen molar-refractivity contribution in [3.8, 4) is 91.0 Å². The zero-order valence-corrected chi connectivity index (χ0v) is 33.6. The first-order valence-electron chi connectivity index (χ1n) is 19.3. The summed E-state index contributed by atoms with van der Waals surface area (Å²) in [6.07, 6.45) is 0. The van der Waals surface area contributed by atoms with Crippen LogP contribution in [0.1, 0.15) is 74.9 Å². The highest BCUT2D eigenvalue weighted by Gasteiger charge is 2.31. The van der Waals surface area contributed by atoms with Crippen LogP contribution in [0.4, 0.5) is 0 Å². The quantitative estimate of drug-likeness (QED) is 0.169. The van der Waals surface area contributed by atoms with Crippen LogP contribution in [-0.2, 0) is 10.8 Å². The summed E-state index contributed by atoms with van der Waals surface area (Å²) in [5.41, 5.74) is 14.5. The molecule has 7 aromatic rings. The molecule has 0 N–H and O–H groups in total. The van der Waals surface area contributed by atoms with Gasteiger partial charge in [0, 0.05) is 11.1 Å². The summed E-state index contributed by atoms with van der Waals surface area (Å²) >= 11 is 0. The molecule has 0 aromatic heterocycles. The topological polar surface area (TPSA) is 95.2 Å². The lowest BCUT2D eigenvalue weighted by Crippen LogP contribution is -2.11. The van der Waals surface area contributed by atoms with Crippen molar-refractivity contribution >= 4 is 0 Å². The Labute approximate surface area is 342 Å². The molecule has 7 aromatic carbocycles. The van der Waals surface area contributed by atoms with Gasteiger partial charge in [0.05, 0.1) is 46.5 Å². The first-order chi connectivity index (χ1) is 27.9. The van der Waals surface area contributed by atoms with E-state index in [1.165, 1.54) is 11.1 Å². The van der Waals surface area contributed by atoms with Crippen molar-refractivity contribution in [1.29, 1.82) is 21.0 Å². The SMILES string of the molecule is CC(C)(C)c1ccc(-c2c(-c3ccc(C#N)cc3)c(-c3ccc(C#N)cc3)c(-c3ccc(C(C)(C)C)cc3)c(-c3ccccc3C#N)c2-c2ccccc2C#N)cc1. The third kappa shape index (κ3) is 7.29. The van der Waals surface area contributed by atoms with Gasteiger partial charge in [-0.05, 0) is 114 Å². The fourth-order valence-corrected chi connectivity index (χ4v) is 7.74. The Morgan fingerprint density at radius 2 is 0.586 bits per heavy atom. The standard InChI is InChI=1S/C54H42N4/c1-53(2,3)43-27-23-39(24-28-43)49-47(37-19-15-35(31-55)16-20-37)48(38-21-17-36(32-56)18-22-38)50(40-25-29-44(30-26-40)54(4,5)6)52(46-14-10-8-12-42(46)34-58)51(49)45-13-9-7-11-41(45)33-57/h7-30H,1-6H3. The van der Waals surface area contributed by atoms with Gasteiger partial charge in [0.25, 0.3) is 0 Å². The molecule has 0 aliphatic heterocycles. The van der Waals surface area contributed by atoms with Crippen LogP contribution < -0.4 is 0 Å². The number of hydrogen-bond donors (Lipinski definition) is 0. The third-order valence-corrected chi connectivity index (χ3v) is 10.8. The fraction of sp³-hybridized carbons (Fsp3) is 0.148. The Hall–Kier alpha value is -7.50. The minimum atomic E-state index is -0.0989. The van der Waals surface area contributed by atoms with Crippen LogP contribution in [0.3, 0.4) is 0 Å². The maximum Gasteiger partial charge on any atom is 0.0998 e. The van der Waals surface area contributed by atoms with Gasteiger partial charge in [-0.3, -0.25) is 0 Å². The molecule has 0 atom stereocenters. The van der Waals surface area contributed by atoms with E-state index in [0.717, 1.165) is 66.8 Å². The minimum absolute atomic E-state index is 0.0989. The lowest BCUT2D eigenvalue weighted by molar-refractivity contribution is 0.590. The molecule has 0 bridgehead atoms. The van der Waals surface area contributed by atoms with Crippen LogP contribution in [0.25, 0.3) is 66.8 Å². The largest absolute Gasteiger partial charge is 0.192 e. The van der Waals surface area contributed by atoms with Gasteiger partial charge >= 0.3 is 0 Å². The second-order valence-corrected chi connectivity index (χ2v) is 16.6. The molecule has 0 heterocycles. The second kappa shape index (κ2) is 15.6. The van der Waals surface area contributed by atoms with E-state index >= 15 is 0 Å². The first-order valence-corrected chi connectivity index (χ1v) is 19.3. The number of nitrogens with zero attached hydrogens (tertiary/aromatic N) is 4. The van der Waals surface area contributed by atoms with Crippen molar-refractivity contribution < 1.29 is 0 Å². The molecule has 7 rings (SSSR count). The summed E-state index contributed by atoms with van der Waals surface area (Å²) in [6.45, 7) is 13.2. The lowest BCUT2D eigenvalue weighted by atomic mass is 9.72. The van der Waals surface area contributed by atoms with Gasteiger partial charge in [0.15, 0.2) is 0 Å². The number of hydrogen-bond acceptors (Lipinski definition) is 4. The summed E-state index contributed by atoms with van der Waals surface area (Å²) in [5.74, 6) is 0. The van der Waals surface area contributed by atoms with E-state index in [2.05, 4.69) is 114 Å². The maximum absolute atomic E-state index is 10.8. The minimum Gasteiger partial charge on any atom is -0.192 e. The number of nitriles is 4. The van der Waals surface area contributed by atoms with Crippen molar-refractivity contribution in [3.63, 3.8) is 0 Å². The highest BCUT2D eigenvalue weighted by Crippen LogP contribution is 2.57. The third-order valence-electron chi connectivity index (χ3n) is 10.8. The molecule has 4 nitrogen and oxygen atoms in total. The normalized spacial score (nSPS) is 11.2. The van der Waals surface area contributed by atoms with E-state index in [1.807, 2.05) is 97.1 Å². The number of rotatable bonds is 6. The average molecular weight is 747 g/mol. The molecule has 0 saturated heterocycles. The van der Waals surface area contributed by atoms with Crippen molar-refractivity contribution in [2.24, 2.45) is 0 Å². The molecule has 0 spiro atoms. The summed E-state index contributed by atoms with van der Waals surface area (Å²) < 4.78 is 0. The van der Waals surface area contributed by atoms with Gasteiger partial charge in [0.2, 0.25) is 0 Å². The predicted molar refractivity (Wildman–Crippen MR) is 235 cm³/mol. The Morgan fingerprint density at radius 1 is 0.310 bits per heavy atom. The Balaban J connectivity index is 1.84. The molecule has 0 saturated carbocycles. The molecule has 0 radical (unpaired) electrons. The van der Waals surface area contributed by atoms with Crippen LogP contribution >= 0.6 is 0 Å². The molecular formula is C54H42N4. The van der Waals surface area contributed by atoms with Crippen molar-refractivity contribution in [3.05, 3.63) is 179 Å². The molecule has 4 heteroatoms. The zero-order valence-electron chi connectivity index (χ0n) is 33.6. The highest BCUT2D eigenvalue weighted by molar-refractivity contribution is 6.16. The monoisotopic (exact) mass is 746 g/mol. The van der Waals surface area contributed by atoms with E-state index in [1.54, 1.807) is 0 Å². The Bertz CT molecular complexity index is 2640. The van der Waals surface area contributed by atoms with Crippen LogP contribution in [0, 0.1) is 45.3 Å². The molecule has 278 valence electrons. The van der Waals surface area contributed by atoms with Crippen molar-refractivity contribution in [1.82, 2.24) is 0 Å². The zero-order chi connectivity index (χ0) is 41.2. The molecule has 0 aliphatic carbocycles. The molecule has 58 heavy (non-hydrogen) atoms. The second-order valence-electron chi connectivity index (χ2n) is 16.6. The highest BCUT2D eigenvalue weighted by atomic mass is 14.4. The van der Waals surface area contributed by atoms with Crippen LogP contribution in [0.2, 0.25) is 0 Å². The van der Waals surface area contributed by atoms with Gasteiger partial charge in [0.1, 0.15) is 0 Å². The summed E-state index contributed by atoms with van der Waals surface area (Å²) in [7, 11) is 0. The Kier molecular flexibility index (Phi) is 10.4. The van der Waals surface area contributed by atoms with Crippen LogP contribution in [-0.4, -0.2) is 0 Å². The van der Waals surface area contributed by atoms with E-state index in [-0.39, 0.29) is 10.8 Å². The molecule has 0 aliphatic rings. The molecule has 0 unspecified atom stereocenters. The van der Waals surface area contributed by atoms with Gasteiger partial charge in [-0.2, -0.15) is 21.0 Å². The predicted octanol–water partition coefficient (Wildman–Crippen LogP) is 13.8. The van der Waals surface area contributed by atoms with E-state index < -0.39 is 0 Å². The van der Waals surface area contributed by atoms with E-state index in [4.69, 9.17) is 0 Å². The van der Waals surface area contributed by atoms with Crippen LogP contribution in [0.15, 0.2) is 146 Å². The summed E-state index contributed by atoms with van der Waals surface area (Å²) in [5, 5.41) is 41.4. The lowest BCUT2D eigenvalue weighted by Gasteiger charge is -2.30. The van der Waals surface area contributed by atoms with E-state index in [9.17, 15) is 21.0 Å². The van der Waals surface area contributed by atoms with Gasteiger partial charge in [-0.15, -0.1) is 0 Å². The van der Waals surface area contributed by atoms with E-state index in [0.29, 0.717) is 22.3 Å². The van der Waals surface area contributed by atoms with Gasteiger partial charge < -0.3 is 0 Å². The van der Waals surface area contributed by atoms with Crippen molar-refractivity contribution in [2.45, 2.75) is 52.4 Å².